The van der Waals surface area contributed by atoms with E-state index < -0.39 is 0 Å². The van der Waals surface area contributed by atoms with E-state index in [9.17, 15) is 0 Å². The smallest absolute Gasteiger partial charge is 0.181 e. The number of ether oxygens (including phenoxy) is 2. The Morgan fingerprint density at radius 3 is 2.75 bits per heavy atom. The van der Waals surface area contributed by atoms with Gasteiger partial charge in [0.2, 0.25) is 0 Å². The molecule has 0 amide bonds. The van der Waals surface area contributed by atoms with Crippen LogP contribution in [-0.2, 0) is 16.0 Å². The lowest BCUT2D eigenvalue weighted by molar-refractivity contribution is 0.122. The molecule has 0 atom stereocenters. The second-order valence-electron chi connectivity index (χ2n) is 7.59. The van der Waals surface area contributed by atoms with E-state index in [4.69, 9.17) is 19.4 Å². The maximum atomic E-state index is 5.54. The topological polar surface area (TPSA) is 69.7 Å². The Morgan fingerprint density at radius 2 is 2.00 bits per heavy atom. The van der Waals surface area contributed by atoms with Crippen molar-refractivity contribution in [3.63, 3.8) is 0 Å². The Balaban J connectivity index is 1.62. The SMILES string of the molecule is COCCn1cc(-c2c(C)nc3c(N4CCOCC4)nc(C4CC4)cn23)cn1. The van der Waals surface area contributed by atoms with Gasteiger partial charge in [-0.3, -0.25) is 9.08 Å². The standard InChI is InChI=1S/C20H26N6O2/c1-14-18(16-11-21-25(12-16)7-8-27-2)26-13-17(15-3-4-15)23-19(20(26)22-14)24-5-9-28-10-6-24/h11-13,15H,3-10H2,1-2H3. The summed E-state index contributed by atoms with van der Waals surface area (Å²) in [4.78, 5) is 12.3. The van der Waals surface area contributed by atoms with Crippen LogP contribution in [0.25, 0.3) is 16.9 Å². The molecule has 1 aliphatic carbocycles. The zero-order valence-corrected chi connectivity index (χ0v) is 16.5. The summed E-state index contributed by atoms with van der Waals surface area (Å²) in [6.07, 6.45) is 8.61. The van der Waals surface area contributed by atoms with Gasteiger partial charge in [0.05, 0.1) is 49.6 Å². The molecule has 28 heavy (non-hydrogen) atoms. The van der Waals surface area contributed by atoms with Gasteiger partial charge in [0.25, 0.3) is 0 Å². The summed E-state index contributed by atoms with van der Waals surface area (Å²) < 4.78 is 14.8. The molecular formula is C20H26N6O2. The van der Waals surface area contributed by atoms with Gasteiger partial charge < -0.3 is 14.4 Å². The highest BCUT2D eigenvalue weighted by Crippen LogP contribution is 2.41. The van der Waals surface area contributed by atoms with E-state index in [0.29, 0.717) is 12.5 Å². The molecule has 8 nitrogen and oxygen atoms in total. The van der Waals surface area contributed by atoms with E-state index in [0.717, 1.165) is 61.3 Å². The third-order valence-electron chi connectivity index (χ3n) is 5.52. The molecule has 3 aromatic rings. The zero-order chi connectivity index (χ0) is 19.1. The van der Waals surface area contributed by atoms with Crippen LogP contribution in [0.15, 0.2) is 18.6 Å². The highest BCUT2D eigenvalue weighted by atomic mass is 16.5. The fraction of sp³-hybridized carbons (Fsp3) is 0.550. The number of aromatic nitrogens is 5. The molecule has 0 unspecified atom stereocenters. The first-order valence-corrected chi connectivity index (χ1v) is 9.98. The van der Waals surface area contributed by atoms with Crippen molar-refractivity contribution in [2.45, 2.75) is 32.2 Å². The molecule has 1 aliphatic heterocycles. The van der Waals surface area contributed by atoms with E-state index in [1.54, 1.807) is 7.11 Å². The van der Waals surface area contributed by atoms with Crippen LogP contribution in [0.2, 0.25) is 0 Å². The number of morpholine rings is 1. The molecule has 0 bridgehead atoms. The van der Waals surface area contributed by atoms with Crippen LogP contribution in [0.3, 0.4) is 0 Å². The highest BCUT2D eigenvalue weighted by Gasteiger charge is 2.29. The van der Waals surface area contributed by atoms with Crippen molar-refractivity contribution in [3.05, 3.63) is 30.0 Å². The van der Waals surface area contributed by atoms with Gasteiger partial charge in [0.15, 0.2) is 11.5 Å². The quantitative estimate of drug-likeness (QED) is 0.651. The Labute approximate surface area is 164 Å². The summed E-state index contributed by atoms with van der Waals surface area (Å²) in [5, 5.41) is 4.49. The van der Waals surface area contributed by atoms with Crippen LogP contribution < -0.4 is 4.90 Å². The fourth-order valence-electron chi connectivity index (χ4n) is 3.87. The fourth-order valence-corrected chi connectivity index (χ4v) is 3.87. The molecule has 2 aliphatic rings. The molecule has 1 saturated carbocycles. The van der Waals surface area contributed by atoms with E-state index in [1.165, 1.54) is 18.5 Å². The van der Waals surface area contributed by atoms with Crippen LogP contribution in [0.4, 0.5) is 5.82 Å². The molecule has 4 heterocycles. The molecule has 0 spiro atoms. The molecule has 0 radical (unpaired) electrons. The van der Waals surface area contributed by atoms with E-state index in [1.807, 2.05) is 10.9 Å². The van der Waals surface area contributed by atoms with Gasteiger partial charge in [0.1, 0.15) is 0 Å². The molecule has 148 valence electrons. The van der Waals surface area contributed by atoms with Gasteiger partial charge in [-0.2, -0.15) is 5.10 Å². The molecule has 2 fully saturated rings. The van der Waals surface area contributed by atoms with Crippen LogP contribution in [0.1, 0.15) is 30.1 Å². The maximum Gasteiger partial charge on any atom is 0.181 e. The Hall–Kier alpha value is -2.45. The van der Waals surface area contributed by atoms with Crippen LogP contribution in [0, 0.1) is 6.92 Å². The summed E-state index contributed by atoms with van der Waals surface area (Å²) in [6.45, 7) is 6.62. The predicted molar refractivity (Wildman–Crippen MR) is 106 cm³/mol. The molecule has 0 N–H and O–H groups in total. The first-order valence-electron chi connectivity index (χ1n) is 9.98. The minimum atomic E-state index is 0.573. The maximum absolute atomic E-state index is 5.54. The van der Waals surface area contributed by atoms with Gasteiger partial charge >= 0.3 is 0 Å². The lowest BCUT2D eigenvalue weighted by Gasteiger charge is -2.28. The zero-order valence-electron chi connectivity index (χ0n) is 16.5. The van der Waals surface area contributed by atoms with Crippen LogP contribution in [-0.4, -0.2) is 64.2 Å². The number of imidazole rings is 1. The molecule has 1 saturated heterocycles. The lowest BCUT2D eigenvalue weighted by atomic mass is 10.2. The Bertz CT molecular complexity index is 984. The van der Waals surface area contributed by atoms with E-state index in [2.05, 4.69) is 33.7 Å². The van der Waals surface area contributed by atoms with Gasteiger partial charge in [-0.05, 0) is 19.8 Å². The monoisotopic (exact) mass is 382 g/mol. The largest absolute Gasteiger partial charge is 0.383 e. The van der Waals surface area contributed by atoms with Crippen molar-refractivity contribution in [2.75, 3.05) is 44.9 Å². The summed E-state index contributed by atoms with van der Waals surface area (Å²) in [5.41, 5.74) is 5.25. The van der Waals surface area contributed by atoms with Crippen molar-refractivity contribution < 1.29 is 9.47 Å². The summed E-state index contributed by atoms with van der Waals surface area (Å²) in [7, 11) is 1.71. The highest BCUT2D eigenvalue weighted by molar-refractivity contribution is 5.73. The number of nitrogens with zero attached hydrogens (tertiary/aromatic N) is 6. The van der Waals surface area contributed by atoms with Gasteiger partial charge in [-0.1, -0.05) is 0 Å². The minimum absolute atomic E-state index is 0.573. The first-order chi connectivity index (χ1) is 13.7. The van der Waals surface area contributed by atoms with Crippen molar-refractivity contribution in [1.82, 2.24) is 24.1 Å². The number of hydrogen-bond acceptors (Lipinski definition) is 6. The summed E-state index contributed by atoms with van der Waals surface area (Å²) in [5.74, 6) is 1.55. The molecule has 5 rings (SSSR count). The minimum Gasteiger partial charge on any atom is -0.383 e. The number of rotatable bonds is 6. The number of aryl methyl sites for hydroxylation is 1. The van der Waals surface area contributed by atoms with Gasteiger partial charge in [-0.25, -0.2) is 9.97 Å². The number of anilines is 1. The second-order valence-corrected chi connectivity index (χ2v) is 7.59. The van der Waals surface area contributed by atoms with E-state index in [-0.39, 0.29) is 0 Å². The van der Waals surface area contributed by atoms with Gasteiger partial charge in [0, 0.05) is 44.1 Å². The van der Waals surface area contributed by atoms with Crippen molar-refractivity contribution >= 4 is 11.5 Å². The third-order valence-corrected chi connectivity index (χ3v) is 5.52. The molecule has 0 aromatic carbocycles. The molecular weight excluding hydrogens is 356 g/mol. The first kappa shape index (κ1) is 17.6. The Kier molecular flexibility index (Phi) is 4.52. The van der Waals surface area contributed by atoms with Gasteiger partial charge in [-0.15, -0.1) is 0 Å². The number of fused-ring (bicyclic) bond motifs is 1. The predicted octanol–water partition coefficient (Wildman–Crippen LogP) is 2.26. The van der Waals surface area contributed by atoms with Crippen LogP contribution >= 0.6 is 0 Å². The van der Waals surface area contributed by atoms with Crippen molar-refractivity contribution in [2.24, 2.45) is 0 Å². The van der Waals surface area contributed by atoms with E-state index >= 15 is 0 Å². The lowest BCUT2D eigenvalue weighted by Crippen LogP contribution is -2.37. The van der Waals surface area contributed by atoms with Crippen molar-refractivity contribution in [1.29, 1.82) is 0 Å². The third kappa shape index (κ3) is 3.16. The number of methoxy groups -OCH3 is 1. The van der Waals surface area contributed by atoms with Crippen LogP contribution in [0.5, 0.6) is 0 Å². The summed E-state index contributed by atoms with van der Waals surface area (Å²) in [6, 6.07) is 0. The normalized spacial score (nSPS) is 17.6. The number of hydrogen-bond donors (Lipinski definition) is 0. The summed E-state index contributed by atoms with van der Waals surface area (Å²) >= 11 is 0. The average Bonchev–Trinajstić information content (AvgIpc) is 3.38. The Morgan fingerprint density at radius 1 is 1.18 bits per heavy atom. The van der Waals surface area contributed by atoms with Crippen molar-refractivity contribution in [3.8, 4) is 11.3 Å². The molecule has 8 heteroatoms. The average molecular weight is 382 g/mol. The second kappa shape index (κ2) is 7.18. The molecule has 3 aromatic heterocycles.